The largest absolute Gasteiger partial charge is 0.346 e. The summed E-state index contributed by atoms with van der Waals surface area (Å²) in [6.07, 6.45) is 7.25. The molecule has 17 heavy (non-hydrogen) atoms. The second kappa shape index (κ2) is 6.05. The van der Waals surface area contributed by atoms with Crippen LogP contribution in [0.25, 0.3) is 16.6 Å². The average Bonchev–Trinajstić information content (AvgIpc) is 2.74. The molecule has 92 valence electrons. The van der Waals surface area contributed by atoms with Gasteiger partial charge in [0, 0.05) is 29.9 Å². The third-order valence-corrected chi connectivity index (χ3v) is 2.86. The summed E-state index contributed by atoms with van der Waals surface area (Å²) >= 11 is 0. The van der Waals surface area contributed by atoms with E-state index in [-0.39, 0.29) is 24.8 Å². The van der Waals surface area contributed by atoms with Crippen LogP contribution in [0.15, 0.2) is 30.6 Å². The van der Waals surface area contributed by atoms with Crippen molar-refractivity contribution in [2.75, 3.05) is 13.1 Å². The number of rotatable bonds is 1. The molecule has 3 nitrogen and oxygen atoms in total. The Morgan fingerprint density at radius 1 is 1.24 bits per heavy atom. The summed E-state index contributed by atoms with van der Waals surface area (Å²) in [5, 5.41) is 4.55. The molecule has 0 saturated carbocycles. The topological polar surface area (TPSA) is 40.7 Å². The van der Waals surface area contributed by atoms with Gasteiger partial charge in [-0.3, -0.25) is 0 Å². The lowest BCUT2D eigenvalue weighted by atomic mass is 10.0. The van der Waals surface area contributed by atoms with Gasteiger partial charge in [-0.15, -0.1) is 24.8 Å². The lowest BCUT2D eigenvalue weighted by Gasteiger charge is -2.12. The Bertz CT molecular complexity index is 519. The lowest BCUT2D eigenvalue weighted by Crippen LogP contribution is -2.19. The van der Waals surface area contributed by atoms with E-state index >= 15 is 0 Å². The van der Waals surface area contributed by atoms with E-state index in [9.17, 15) is 0 Å². The molecule has 0 aromatic carbocycles. The van der Waals surface area contributed by atoms with Gasteiger partial charge in [0.25, 0.3) is 0 Å². The molecule has 2 N–H and O–H groups in total. The van der Waals surface area contributed by atoms with E-state index in [1.807, 2.05) is 12.3 Å². The minimum atomic E-state index is 0. The molecule has 5 heteroatoms. The maximum Gasteiger partial charge on any atom is 0.137 e. The quantitative estimate of drug-likeness (QED) is 0.838. The van der Waals surface area contributed by atoms with Crippen LogP contribution in [-0.4, -0.2) is 23.1 Å². The van der Waals surface area contributed by atoms with Gasteiger partial charge in [0.15, 0.2) is 0 Å². The highest BCUT2D eigenvalue weighted by Gasteiger charge is 2.10. The smallest absolute Gasteiger partial charge is 0.137 e. The molecular weight excluding hydrogens is 257 g/mol. The van der Waals surface area contributed by atoms with E-state index < -0.39 is 0 Å². The molecule has 3 heterocycles. The van der Waals surface area contributed by atoms with Crippen LogP contribution in [0.5, 0.6) is 0 Å². The van der Waals surface area contributed by atoms with Gasteiger partial charge in [-0.25, -0.2) is 4.98 Å². The minimum Gasteiger partial charge on any atom is -0.346 e. The van der Waals surface area contributed by atoms with Crippen molar-refractivity contribution in [2.24, 2.45) is 0 Å². The molecule has 0 aliphatic carbocycles. The molecule has 3 rings (SSSR count). The van der Waals surface area contributed by atoms with Crippen LogP contribution in [0.3, 0.4) is 0 Å². The first-order chi connectivity index (χ1) is 7.45. The number of aromatic amines is 1. The molecule has 0 saturated heterocycles. The number of pyridine rings is 1. The average molecular weight is 272 g/mol. The molecule has 0 fully saturated rings. The normalized spacial score (nSPS) is 14.7. The SMILES string of the molecule is C1=C(c2c[nH]c3ncccc23)CCNC1.Cl.Cl. The van der Waals surface area contributed by atoms with E-state index in [0.29, 0.717) is 0 Å². The molecule has 0 unspecified atom stereocenters. The number of halogens is 2. The van der Waals surface area contributed by atoms with Crippen molar-refractivity contribution >= 4 is 41.4 Å². The molecule has 0 radical (unpaired) electrons. The van der Waals surface area contributed by atoms with Crippen molar-refractivity contribution in [2.45, 2.75) is 6.42 Å². The number of fused-ring (bicyclic) bond motifs is 1. The highest BCUT2D eigenvalue weighted by molar-refractivity contribution is 5.90. The van der Waals surface area contributed by atoms with Crippen LogP contribution in [0.2, 0.25) is 0 Å². The Balaban J connectivity index is 0.000000722. The highest BCUT2D eigenvalue weighted by atomic mass is 35.5. The number of H-pyrrole nitrogens is 1. The monoisotopic (exact) mass is 271 g/mol. The van der Waals surface area contributed by atoms with E-state index in [1.165, 1.54) is 16.5 Å². The van der Waals surface area contributed by atoms with Crippen molar-refractivity contribution in [3.63, 3.8) is 0 Å². The van der Waals surface area contributed by atoms with E-state index in [0.717, 1.165) is 25.2 Å². The van der Waals surface area contributed by atoms with E-state index in [4.69, 9.17) is 0 Å². The van der Waals surface area contributed by atoms with Crippen LogP contribution in [0, 0.1) is 0 Å². The molecule has 2 aromatic rings. The van der Waals surface area contributed by atoms with Crippen molar-refractivity contribution in [3.8, 4) is 0 Å². The summed E-state index contributed by atoms with van der Waals surface area (Å²) in [5.41, 5.74) is 3.71. The number of hydrogen-bond donors (Lipinski definition) is 2. The summed E-state index contributed by atoms with van der Waals surface area (Å²) in [5.74, 6) is 0. The summed E-state index contributed by atoms with van der Waals surface area (Å²) in [6, 6.07) is 4.11. The van der Waals surface area contributed by atoms with E-state index in [2.05, 4.69) is 33.6 Å². The van der Waals surface area contributed by atoms with Crippen LogP contribution in [0.1, 0.15) is 12.0 Å². The van der Waals surface area contributed by atoms with Gasteiger partial charge >= 0.3 is 0 Å². The maximum atomic E-state index is 4.30. The fraction of sp³-hybridized carbons (Fsp3) is 0.250. The summed E-state index contributed by atoms with van der Waals surface area (Å²) in [7, 11) is 0. The second-order valence-corrected chi connectivity index (χ2v) is 3.79. The first-order valence-electron chi connectivity index (χ1n) is 5.27. The molecule has 0 spiro atoms. The molecule has 1 aliphatic rings. The molecule has 0 bridgehead atoms. The molecule has 1 aliphatic heterocycles. The summed E-state index contributed by atoms with van der Waals surface area (Å²) < 4.78 is 0. The van der Waals surface area contributed by atoms with Crippen molar-refractivity contribution in [1.29, 1.82) is 0 Å². The van der Waals surface area contributed by atoms with Gasteiger partial charge in [-0.2, -0.15) is 0 Å². The fourth-order valence-electron chi connectivity index (χ4n) is 2.09. The zero-order chi connectivity index (χ0) is 10.1. The summed E-state index contributed by atoms with van der Waals surface area (Å²) in [6.45, 7) is 2.04. The molecule has 0 amide bonds. The number of hydrogen-bond acceptors (Lipinski definition) is 2. The van der Waals surface area contributed by atoms with Gasteiger partial charge in [0.2, 0.25) is 0 Å². The summed E-state index contributed by atoms with van der Waals surface area (Å²) in [4.78, 5) is 7.51. The van der Waals surface area contributed by atoms with Gasteiger partial charge in [-0.1, -0.05) is 6.08 Å². The molecule has 2 aromatic heterocycles. The number of nitrogens with zero attached hydrogens (tertiary/aromatic N) is 1. The third kappa shape index (κ3) is 2.63. The first kappa shape index (κ1) is 14.0. The predicted octanol–water partition coefficient (Wildman–Crippen LogP) is 2.78. The standard InChI is InChI=1S/C12H13N3.2ClH/c1-2-10-11(8-15-12(10)14-5-1)9-3-6-13-7-4-9;;/h1-3,5,8,13H,4,6-7H2,(H,14,15);2*1H. The Labute approximate surface area is 113 Å². The molecular formula is C12H15Cl2N3. The highest BCUT2D eigenvalue weighted by Crippen LogP contribution is 2.26. The Hall–Kier alpha value is -1.03. The van der Waals surface area contributed by atoms with Gasteiger partial charge in [0.05, 0.1) is 0 Å². The van der Waals surface area contributed by atoms with E-state index in [1.54, 1.807) is 0 Å². The number of nitrogens with one attached hydrogen (secondary N) is 2. The second-order valence-electron chi connectivity index (χ2n) is 3.79. The third-order valence-electron chi connectivity index (χ3n) is 2.86. The maximum absolute atomic E-state index is 4.30. The fourth-order valence-corrected chi connectivity index (χ4v) is 2.09. The molecule has 0 atom stereocenters. The Morgan fingerprint density at radius 2 is 2.12 bits per heavy atom. The van der Waals surface area contributed by atoms with Gasteiger partial charge in [-0.05, 0) is 30.7 Å². The Kier molecular flexibility index (Phi) is 5.00. The van der Waals surface area contributed by atoms with Crippen LogP contribution in [0.4, 0.5) is 0 Å². The van der Waals surface area contributed by atoms with Crippen molar-refractivity contribution in [3.05, 3.63) is 36.2 Å². The number of aromatic nitrogens is 2. The van der Waals surface area contributed by atoms with Gasteiger partial charge in [0.1, 0.15) is 5.65 Å². The van der Waals surface area contributed by atoms with Crippen LogP contribution >= 0.6 is 24.8 Å². The van der Waals surface area contributed by atoms with Crippen molar-refractivity contribution < 1.29 is 0 Å². The van der Waals surface area contributed by atoms with Gasteiger partial charge < -0.3 is 10.3 Å². The minimum absolute atomic E-state index is 0. The zero-order valence-corrected chi connectivity index (χ0v) is 10.9. The zero-order valence-electron chi connectivity index (χ0n) is 9.27. The van der Waals surface area contributed by atoms with Crippen LogP contribution in [-0.2, 0) is 0 Å². The predicted molar refractivity (Wildman–Crippen MR) is 76.1 cm³/mol. The lowest BCUT2D eigenvalue weighted by molar-refractivity contribution is 0.739. The van der Waals surface area contributed by atoms with Crippen LogP contribution < -0.4 is 5.32 Å². The first-order valence-corrected chi connectivity index (χ1v) is 5.27. The van der Waals surface area contributed by atoms with Crippen molar-refractivity contribution in [1.82, 2.24) is 15.3 Å². The Morgan fingerprint density at radius 3 is 2.88 bits per heavy atom.